The van der Waals surface area contributed by atoms with E-state index < -0.39 is 0 Å². The molecular formula is C7H4Cl2O3P. The Balaban J connectivity index is 2.62. The van der Waals surface area contributed by atoms with Crippen molar-refractivity contribution in [3.05, 3.63) is 16.1 Å². The SMILES string of the molecule is [PH]Oc1cc(Cl)c2c(c1Cl)OCO2. The average molecular weight is 238 g/mol. The summed E-state index contributed by atoms with van der Waals surface area (Å²) in [7, 11) is 2.86. The van der Waals surface area contributed by atoms with Gasteiger partial charge in [0.05, 0.1) is 5.02 Å². The molecule has 0 N–H and O–H groups in total. The summed E-state index contributed by atoms with van der Waals surface area (Å²) in [6.07, 6.45) is 0. The maximum absolute atomic E-state index is 5.91. The first-order valence-corrected chi connectivity index (χ1v) is 4.51. The number of hydrogen-bond acceptors (Lipinski definition) is 3. The topological polar surface area (TPSA) is 27.7 Å². The Kier molecular flexibility index (Phi) is 2.41. The minimum absolute atomic E-state index is 0.125. The monoisotopic (exact) mass is 237 g/mol. The van der Waals surface area contributed by atoms with Crippen molar-refractivity contribution >= 4 is 32.7 Å². The van der Waals surface area contributed by atoms with E-state index in [9.17, 15) is 0 Å². The van der Waals surface area contributed by atoms with Crippen molar-refractivity contribution in [2.24, 2.45) is 0 Å². The standard InChI is InChI=1S/C7H4Cl2O3P/c8-3-1-4(12-13)5(9)7-6(3)10-2-11-7/h1,13H,2H2. The lowest BCUT2D eigenvalue weighted by molar-refractivity contribution is 0.174. The lowest BCUT2D eigenvalue weighted by atomic mass is 10.3. The minimum Gasteiger partial charge on any atom is -0.468 e. The van der Waals surface area contributed by atoms with Crippen LogP contribution in [-0.4, -0.2) is 6.79 Å². The summed E-state index contributed by atoms with van der Waals surface area (Å²) in [6, 6.07) is 1.55. The first kappa shape index (κ1) is 9.20. The third kappa shape index (κ3) is 1.41. The van der Waals surface area contributed by atoms with Crippen molar-refractivity contribution in [1.82, 2.24) is 0 Å². The molecule has 1 aromatic rings. The summed E-state index contributed by atoms with van der Waals surface area (Å²) < 4.78 is 15.0. The molecule has 0 bridgehead atoms. The molecule has 3 nitrogen and oxygen atoms in total. The Morgan fingerprint density at radius 1 is 1.31 bits per heavy atom. The van der Waals surface area contributed by atoms with Crippen molar-refractivity contribution in [3.63, 3.8) is 0 Å². The normalized spacial score (nSPS) is 13.2. The molecule has 0 aliphatic carbocycles. The van der Waals surface area contributed by atoms with Gasteiger partial charge in [-0.15, -0.1) is 0 Å². The van der Waals surface area contributed by atoms with Gasteiger partial charge in [-0.25, -0.2) is 0 Å². The molecule has 0 saturated carbocycles. The second kappa shape index (κ2) is 3.41. The molecule has 1 aromatic carbocycles. The molecule has 13 heavy (non-hydrogen) atoms. The maximum atomic E-state index is 5.91. The first-order valence-electron chi connectivity index (χ1n) is 3.35. The van der Waals surface area contributed by atoms with Crippen LogP contribution in [0.2, 0.25) is 10.0 Å². The van der Waals surface area contributed by atoms with Crippen LogP contribution in [0.25, 0.3) is 0 Å². The van der Waals surface area contributed by atoms with E-state index in [4.69, 9.17) is 37.2 Å². The number of halogens is 2. The largest absolute Gasteiger partial charge is 0.468 e. The average Bonchev–Trinajstić information content (AvgIpc) is 2.60. The quantitative estimate of drug-likeness (QED) is 0.703. The van der Waals surface area contributed by atoms with Crippen LogP contribution < -0.4 is 14.0 Å². The fourth-order valence-corrected chi connectivity index (χ4v) is 1.75. The third-order valence-electron chi connectivity index (χ3n) is 1.61. The van der Waals surface area contributed by atoms with Crippen LogP contribution in [-0.2, 0) is 0 Å². The molecule has 0 unspecified atom stereocenters. The fraction of sp³-hybridized carbons (Fsp3) is 0.143. The Hall–Kier alpha value is -0.370. The van der Waals surface area contributed by atoms with Crippen LogP contribution in [0.3, 0.4) is 0 Å². The van der Waals surface area contributed by atoms with E-state index in [2.05, 4.69) is 9.47 Å². The lowest BCUT2D eigenvalue weighted by Gasteiger charge is -2.05. The van der Waals surface area contributed by atoms with Crippen molar-refractivity contribution < 1.29 is 14.0 Å². The van der Waals surface area contributed by atoms with E-state index in [0.717, 1.165) is 0 Å². The van der Waals surface area contributed by atoms with Gasteiger partial charge in [0.25, 0.3) is 0 Å². The second-order valence-electron chi connectivity index (χ2n) is 2.34. The predicted molar refractivity (Wildman–Crippen MR) is 51.5 cm³/mol. The van der Waals surface area contributed by atoms with Gasteiger partial charge in [0.2, 0.25) is 6.79 Å². The Morgan fingerprint density at radius 3 is 2.69 bits per heavy atom. The highest BCUT2D eigenvalue weighted by Crippen LogP contribution is 2.49. The Labute approximate surface area is 87.2 Å². The molecule has 1 aliphatic rings. The molecule has 0 saturated heterocycles. The fourth-order valence-electron chi connectivity index (χ4n) is 1.05. The number of hydrogen-bond donors (Lipinski definition) is 0. The zero-order valence-electron chi connectivity index (χ0n) is 6.27. The van der Waals surface area contributed by atoms with Crippen molar-refractivity contribution in [2.75, 3.05) is 6.79 Å². The number of benzene rings is 1. The van der Waals surface area contributed by atoms with Gasteiger partial charge >= 0.3 is 0 Å². The highest BCUT2D eigenvalue weighted by Gasteiger charge is 2.24. The van der Waals surface area contributed by atoms with Gasteiger partial charge in [-0.2, -0.15) is 0 Å². The van der Waals surface area contributed by atoms with Gasteiger partial charge in [0.15, 0.2) is 11.5 Å². The molecule has 1 aliphatic heterocycles. The van der Waals surface area contributed by atoms with Gasteiger partial charge < -0.3 is 14.0 Å². The molecule has 0 amide bonds. The summed E-state index contributed by atoms with van der Waals surface area (Å²) in [5.41, 5.74) is 0. The van der Waals surface area contributed by atoms with E-state index in [-0.39, 0.29) is 6.79 Å². The Morgan fingerprint density at radius 2 is 2.00 bits per heavy atom. The van der Waals surface area contributed by atoms with Gasteiger partial charge in [-0.3, -0.25) is 0 Å². The Bertz CT molecular complexity index is 356. The molecule has 6 heteroatoms. The molecule has 0 atom stereocenters. The maximum Gasteiger partial charge on any atom is 0.231 e. The third-order valence-corrected chi connectivity index (χ3v) is 2.47. The van der Waals surface area contributed by atoms with E-state index >= 15 is 0 Å². The van der Waals surface area contributed by atoms with Crippen molar-refractivity contribution in [2.45, 2.75) is 0 Å². The number of ether oxygens (including phenoxy) is 2. The van der Waals surface area contributed by atoms with E-state index in [1.807, 2.05) is 0 Å². The van der Waals surface area contributed by atoms with Crippen LogP contribution >= 0.6 is 32.7 Å². The molecule has 1 heterocycles. The van der Waals surface area contributed by atoms with E-state index in [1.54, 1.807) is 6.07 Å². The van der Waals surface area contributed by atoms with Crippen molar-refractivity contribution in [1.29, 1.82) is 0 Å². The summed E-state index contributed by atoms with van der Waals surface area (Å²) in [5.74, 6) is 1.27. The molecule has 0 aromatic heterocycles. The van der Waals surface area contributed by atoms with Crippen LogP contribution in [0, 0.1) is 0 Å². The van der Waals surface area contributed by atoms with Crippen LogP contribution in [0.15, 0.2) is 6.07 Å². The molecule has 0 spiro atoms. The molecule has 69 valence electrons. The number of fused-ring (bicyclic) bond motifs is 1. The van der Waals surface area contributed by atoms with Crippen LogP contribution in [0.4, 0.5) is 0 Å². The van der Waals surface area contributed by atoms with E-state index in [0.29, 0.717) is 27.3 Å². The molecule has 1 radical (unpaired) electrons. The van der Waals surface area contributed by atoms with Gasteiger partial charge in [-0.1, -0.05) is 23.2 Å². The molecule has 0 fully saturated rings. The van der Waals surface area contributed by atoms with Crippen LogP contribution in [0.1, 0.15) is 0 Å². The molecule has 2 rings (SSSR count). The minimum atomic E-state index is 0.125. The summed E-state index contributed by atoms with van der Waals surface area (Å²) >= 11 is 11.8. The van der Waals surface area contributed by atoms with Gasteiger partial charge in [0, 0.05) is 6.07 Å². The lowest BCUT2D eigenvalue weighted by Crippen LogP contribution is -1.93. The summed E-state index contributed by atoms with van der Waals surface area (Å²) in [5, 5.41) is 0.747. The van der Waals surface area contributed by atoms with Crippen LogP contribution in [0.5, 0.6) is 17.2 Å². The smallest absolute Gasteiger partial charge is 0.231 e. The summed E-state index contributed by atoms with van der Waals surface area (Å²) in [4.78, 5) is 0. The highest BCUT2D eigenvalue weighted by molar-refractivity contribution is 7.10. The second-order valence-corrected chi connectivity index (χ2v) is 3.33. The van der Waals surface area contributed by atoms with Gasteiger partial charge in [0.1, 0.15) is 20.2 Å². The summed E-state index contributed by atoms with van der Waals surface area (Å²) in [6.45, 7) is 0.125. The highest BCUT2D eigenvalue weighted by atomic mass is 35.5. The van der Waals surface area contributed by atoms with E-state index in [1.165, 1.54) is 0 Å². The zero-order valence-corrected chi connectivity index (χ0v) is 8.78. The first-order chi connectivity index (χ1) is 6.24. The van der Waals surface area contributed by atoms with Gasteiger partial charge in [-0.05, 0) is 0 Å². The van der Waals surface area contributed by atoms with Crippen molar-refractivity contribution in [3.8, 4) is 17.2 Å². The molecular weight excluding hydrogens is 234 g/mol. The predicted octanol–water partition coefficient (Wildman–Crippen LogP) is 3.16. The number of rotatable bonds is 1. The zero-order chi connectivity index (χ0) is 9.42.